The molecule has 25 heavy (non-hydrogen) atoms. The predicted octanol–water partition coefficient (Wildman–Crippen LogP) is 2.79. The largest absolute Gasteiger partial charge is 0.457 e. The van der Waals surface area contributed by atoms with Crippen molar-refractivity contribution in [3.05, 3.63) is 66.0 Å². The van der Waals surface area contributed by atoms with Crippen molar-refractivity contribution in [2.45, 2.75) is 6.54 Å². The van der Waals surface area contributed by atoms with Gasteiger partial charge in [-0.25, -0.2) is 0 Å². The second kappa shape index (κ2) is 8.84. The fourth-order valence-electron chi connectivity index (χ4n) is 1.98. The fourth-order valence-corrected chi connectivity index (χ4v) is 2.16. The summed E-state index contributed by atoms with van der Waals surface area (Å²) in [6.07, 6.45) is 2.75. The van der Waals surface area contributed by atoms with E-state index < -0.39 is 0 Å². The minimum atomic E-state index is -0.315. The molecule has 0 bridgehead atoms. The van der Waals surface area contributed by atoms with Crippen LogP contribution in [0.3, 0.4) is 0 Å². The Labute approximate surface area is 151 Å². The number of rotatable bonds is 7. The van der Waals surface area contributed by atoms with Crippen molar-refractivity contribution in [3.63, 3.8) is 0 Å². The van der Waals surface area contributed by atoms with E-state index in [0.29, 0.717) is 22.2 Å². The maximum Gasteiger partial charge on any atom is 0.246 e. The summed E-state index contributed by atoms with van der Waals surface area (Å²) in [4.78, 5) is 28.7. The first-order valence-corrected chi connectivity index (χ1v) is 7.88. The Kier molecular flexibility index (Phi) is 6.54. The zero-order valence-corrected chi connectivity index (χ0v) is 14.5. The molecule has 6 nitrogen and oxygen atoms in total. The summed E-state index contributed by atoms with van der Waals surface area (Å²) in [6, 6.07) is 10.5. The van der Waals surface area contributed by atoms with Gasteiger partial charge in [-0.3, -0.25) is 14.6 Å². The molecule has 0 unspecified atom stereocenters. The lowest BCUT2D eigenvalue weighted by Crippen LogP contribution is -2.37. The third-order valence-corrected chi connectivity index (χ3v) is 3.45. The molecule has 2 amide bonds. The van der Waals surface area contributed by atoms with E-state index in [1.807, 2.05) is 0 Å². The van der Waals surface area contributed by atoms with Crippen LogP contribution in [0.1, 0.15) is 5.69 Å². The van der Waals surface area contributed by atoms with Gasteiger partial charge in [0.25, 0.3) is 0 Å². The highest BCUT2D eigenvalue weighted by Crippen LogP contribution is 2.24. The van der Waals surface area contributed by atoms with E-state index in [4.69, 9.17) is 16.3 Å². The molecule has 0 saturated heterocycles. The number of aromatic nitrogens is 1. The number of carbonyl (C=O) groups is 2. The molecule has 0 atom stereocenters. The van der Waals surface area contributed by atoms with Crippen LogP contribution in [0.4, 0.5) is 0 Å². The fraction of sp³-hybridized carbons (Fsp3) is 0.167. The number of halogens is 1. The van der Waals surface area contributed by atoms with Crippen LogP contribution in [0, 0.1) is 0 Å². The van der Waals surface area contributed by atoms with Gasteiger partial charge >= 0.3 is 0 Å². The number of hydrogen-bond acceptors (Lipinski definition) is 4. The summed E-state index contributed by atoms with van der Waals surface area (Å²) in [5.74, 6) is 0.588. The number of benzene rings is 1. The highest BCUT2D eigenvalue weighted by atomic mass is 35.5. The molecule has 1 heterocycles. The van der Waals surface area contributed by atoms with Gasteiger partial charge < -0.3 is 15.0 Å². The van der Waals surface area contributed by atoms with Crippen molar-refractivity contribution in [2.75, 3.05) is 13.6 Å². The van der Waals surface area contributed by atoms with E-state index >= 15 is 0 Å². The molecule has 0 saturated carbocycles. The maximum atomic E-state index is 11.8. The van der Waals surface area contributed by atoms with Crippen LogP contribution >= 0.6 is 11.6 Å². The summed E-state index contributed by atoms with van der Waals surface area (Å²) in [7, 11) is 1.53. The van der Waals surface area contributed by atoms with E-state index in [9.17, 15) is 9.59 Å². The van der Waals surface area contributed by atoms with Gasteiger partial charge in [0.2, 0.25) is 11.8 Å². The molecule has 0 aliphatic heterocycles. The Morgan fingerprint density at radius 3 is 2.80 bits per heavy atom. The lowest BCUT2D eigenvalue weighted by molar-refractivity contribution is -0.131. The van der Waals surface area contributed by atoms with Crippen LogP contribution in [0.25, 0.3) is 0 Å². The van der Waals surface area contributed by atoms with Crippen molar-refractivity contribution in [1.29, 1.82) is 0 Å². The number of nitrogens with one attached hydrogen (secondary N) is 1. The van der Waals surface area contributed by atoms with Gasteiger partial charge in [-0.05, 0) is 30.3 Å². The Hall–Kier alpha value is -2.86. The van der Waals surface area contributed by atoms with E-state index in [1.54, 1.807) is 42.6 Å². The van der Waals surface area contributed by atoms with E-state index in [0.717, 1.165) is 6.08 Å². The molecule has 1 aromatic carbocycles. The summed E-state index contributed by atoms with van der Waals surface area (Å²) in [5.41, 5.74) is 0.630. The molecule has 0 radical (unpaired) electrons. The highest BCUT2D eigenvalue weighted by molar-refractivity contribution is 6.30. The Morgan fingerprint density at radius 2 is 2.08 bits per heavy atom. The monoisotopic (exact) mass is 359 g/mol. The number of pyridine rings is 1. The molecule has 2 aromatic rings. The number of carbonyl (C=O) groups excluding carboxylic acids is 2. The first kappa shape index (κ1) is 18.5. The standard InChI is InChI=1S/C18H18ClN3O3/c1-3-18(24)22(2)12-17(23)21-11-14-10-16(7-8-20-14)25-15-6-4-5-13(19)9-15/h3-10H,1,11-12H2,2H3,(H,21,23). The number of nitrogens with zero attached hydrogens (tertiary/aromatic N) is 2. The average molecular weight is 360 g/mol. The van der Waals surface area contributed by atoms with Crippen molar-refractivity contribution in [2.24, 2.45) is 0 Å². The van der Waals surface area contributed by atoms with Crippen LogP contribution in [0.5, 0.6) is 11.5 Å². The van der Waals surface area contributed by atoms with Gasteiger partial charge in [-0.1, -0.05) is 24.2 Å². The summed E-state index contributed by atoms with van der Waals surface area (Å²) in [6.45, 7) is 3.55. The van der Waals surface area contributed by atoms with Crippen LogP contribution in [0.15, 0.2) is 55.3 Å². The third-order valence-electron chi connectivity index (χ3n) is 3.22. The average Bonchev–Trinajstić information content (AvgIpc) is 2.59. The number of ether oxygens (including phenoxy) is 1. The van der Waals surface area contributed by atoms with E-state index in [1.165, 1.54) is 11.9 Å². The van der Waals surface area contributed by atoms with E-state index in [2.05, 4.69) is 16.9 Å². The van der Waals surface area contributed by atoms with Crippen molar-refractivity contribution >= 4 is 23.4 Å². The first-order chi connectivity index (χ1) is 12.0. The second-order valence-corrected chi connectivity index (χ2v) is 5.65. The molecule has 0 fully saturated rings. The summed E-state index contributed by atoms with van der Waals surface area (Å²) >= 11 is 5.93. The number of hydrogen-bond donors (Lipinski definition) is 1. The molecular formula is C18H18ClN3O3. The maximum absolute atomic E-state index is 11.8. The Bertz CT molecular complexity index is 780. The first-order valence-electron chi connectivity index (χ1n) is 7.50. The molecule has 130 valence electrons. The number of amides is 2. The minimum Gasteiger partial charge on any atom is -0.457 e. The molecule has 0 aliphatic rings. The van der Waals surface area contributed by atoms with Crippen molar-refractivity contribution in [1.82, 2.24) is 15.2 Å². The quantitative estimate of drug-likeness (QED) is 0.772. The molecule has 0 aliphatic carbocycles. The molecular weight excluding hydrogens is 342 g/mol. The number of likely N-dealkylation sites (N-methyl/N-ethyl adjacent to an activating group) is 1. The zero-order valence-electron chi connectivity index (χ0n) is 13.7. The van der Waals surface area contributed by atoms with Gasteiger partial charge in [0.1, 0.15) is 11.5 Å². The van der Waals surface area contributed by atoms with E-state index in [-0.39, 0.29) is 24.9 Å². The SMILES string of the molecule is C=CC(=O)N(C)CC(=O)NCc1cc(Oc2cccc(Cl)c2)ccn1. The van der Waals surface area contributed by atoms with Crippen molar-refractivity contribution in [3.8, 4) is 11.5 Å². The molecule has 0 spiro atoms. The Balaban J connectivity index is 1.92. The molecule has 1 aromatic heterocycles. The zero-order chi connectivity index (χ0) is 18.2. The topological polar surface area (TPSA) is 71.5 Å². The molecule has 7 heteroatoms. The normalized spacial score (nSPS) is 10.0. The molecule has 2 rings (SSSR count). The lowest BCUT2D eigenvalue weighted by atomic mass is 10.3. The predicted molar refractivity (Wildman–Crippen MR) is 95.4 cm³/mol. The smallest absolute Gasteiger partial charge is 0.246 e. The minimum absolute atomic E-state index is 0.0520. The van der Waals surface area contributed by atoms with Crippen LogP contribution in [0.2, 0.25) is 5.02 Å². The summed E-state index contributed by atoms with van der Waals surface area (Å²) in [5, 5.41) is 3.28. The van der Waals surface area contributed by atoms with Crippen molar-refractivity contribution < 1.29 is 14.3 Å². The second-order valence-electron chi connectivity index (χ2n) is 5.22. The van der Waals surface area contributed by atoms with Gasteiger partial charge in [-0.2, -0.15) is 0 Å². The van der Waals surface area contributed by atoms with Crippen LogP contribution in [-0.4, -0.2) is 35.3 Å². The third kappa shape index (κ3) is 5.93. The van der Waals surface area contributed by atoms with Crippen LogP contribution in [-0.2, 0) is 16.1 Å². The van der Waals surface area contributed by atoms with Crippen LogP contribution < -0.4 is 10.1 Å². The van der Waals surface area contributed by atoms with Gasteiger partial charge in [0.05, 0.1) is 18.8 Å². The van der Waals surface area contributed by atoms with Gasteiger partial charge in [-0.15, -0.1) is 0 Å². The Morgan fingerprint density at radius 1 is 1.32 bits per heavy atom. The van der Waals surface area contributed by atoms with Gasteiger partial charge in [0.15, 0.2) is 0 Å². The highest BCUT2D eigenvalue weighted by Gasteiger charge is 2.10. The molecule has 1 N–H and O–H groups in total. The lowest BCUT2D eigenvalue weighted by Gasteiger charge is -2.14. The van der Waals surface area contributed by atoms with Gasteiger partial charge in [0, 0.05) is 24.3 Å². The summed E-state index contributed by atoms with van der Waals surface area (Å²) < 4.78 is 5.72.